The van der Waals surface area contributed by atoms with E-state index in [0.717, 1.165) is 18.6 Å². The summed E-state index contributed by atoms with van der Waals surface area (Å²) >= 11 is 0. The topological polar surface area (TPSA) is 35.2 Å². The Morgan fingerprint density at radius 1 is 1.46 bits per heavy atom. The van der Waals surface area contributed by atoms with Gasteiger partial charge in [0.25, 0.3) is 0 Å². The molecule has 0 saturated carbocycles. The lowest BCUT2D eigenvalue weighted by molar-refractivity contribution is 0.186. The highest BCUT2D eigenvalue weighted by atomic mass is 16.5. The Hall–Kier alpha value is -1.02. The van der Waals surface area contributed by atoms with E-state index >= 15 is 0 Å². The van der Waals surface area contributed by atoms with Gasteiger partial charge >= 0.3 is 0 Å². The van der Waals surface area contributed by atoms with E-state index in [-0.39, 0.29) is 5.54 Å². The second kappa shape index (κ2) is 3.04. The molecule has 0 amide bonds. The van der Waals surface area contributed by atoms with Crippen LogP contribution in [0.15, 0.2) is 24.3 Å². The maximum Gasteiger partial charge on any atom is 0.122 e. The number of benzene rings is 1. The van der Waals surface area contributed by atoms with Crippen LogP contribution in [0.1, 0.15) is 18.9 Å². The molecule has 1 aliphatic rings. The van der Waals surface area contributed by atoms with E-state index in [0.29, 0.717) is 6.61 Å². The normalized spacial score (nSPS) is 26.3. The number of para-hydroxylation sites is 1. The molecule has 2 heteroatoms. The average Bonchev–Trinajstić information content (AvgIpc) is 2.18. The van der Waals surface area contributed by atoms with Gasteiger partial charge in [0, 0.05) is 0 Å². The van der Waals surface area contributed by atoms with Crippen molar-refractivity contribution in [1.82, 2.24) is 0 Å². The smallest absolute Gasteiger partial charge is 0.122 e. The third kappa shape index (κ3) is 1.54. The molecule has 0 aromatic heterocycles. The first-order chi connectivity index (χ1) is 6.23. The molecule has 0 aliphatic carbocycles. The summed E-state index contributed by atoms with van der Waals surface area (Å²) in [4.78, 5) is 0. The zero-order valence-electron chi connectivity index (χ0n) is 7.92. The summed E-state index contributed by atoms with van der Waals surface area (Å²) in [6.07, 6.45) is 1.89. The monoisotopic (exact) mass is 177 g/mol. The van der Waals surface area contributed by atoms with Gasteiger partial charge in [-0.3, -0.25) is 0 Å². The summed E-state index contributed by atoms with van der Waals surface area (Å²) in [5.41, 5.74) is 7.22. The lowest BCUT2D eigenvalue weighted by Crippen LogP contribution is -2.49. The van der Waals surface area contributed by atoms with E-state index in [1.54, 1.807) is 0 Å². The number of hydrogen-bond acceptors (Lipinski definition) is 2. The Kier molecular flexibility index (Phi) is 2.00. The van der Waals surface area contributed by atoms with Gasteiger partial charge in [-0.1, -0.05) is 25.1 Å². The van der Waals surface area contributed by atoms with Gasteiger partial charge in [-0.25, -0.2) is 0 Å². The summed E-state index contributed by atoms with van der Waals surface area (Å²) < 4.78 is 5.60. The first kappa shape index (κ1) is 8.57. The second-order valence-electron chi connectivity index (χ2n) is 3.79. The largest absolute Gasteiger partial charge is 0.491 e. The van der Waals surface area contributed by atoms with Gasteiger partial charge in [-0.2, -0.15) is 0 Å². The minimum Gasteiger partial charge on any atom is -0.491 e. The van der Waals surface area contributed by atoms with Crippen LogP contribution in [-0.4, -0.2) is 12.1 Å². The maximum absolute atomic E-state index is 6.15. The molecule has 0 fully saturated rings. The summed E-state index contributed by atoms with van der Waals surface area (Å²) in [5, 5.41) is 0. The Morgan fingerprint density at radius 2 is 2.23 bits per heavy atom. The fraction of sp³-hybridized carbons (Fsp3) is 0.455. The molecule has 70 valence electrons. The standard InChI is InChI=1S/C11H15NO/c1-2-11(12)7-9-5-3-4-6-10(9)13-8-11/h3-6H,2,7-8,12H2,1H3. The van der Waals surface area contributed by atoms with Crippen molar-refractivity contribution in [1.29, 1.82) is 0 Å². The third-order valence-corrected chi connectivity index (χ3v) is 2.73. The Morgan fingerprint density at radius 3 is 3.00 bits per heavy atom. The lowest BCUT2D eigenvalue weighted by Gasteiger charge is -2.33. The van der Waals surface area contributed by atoms with E-state index in [1.165, 1.54) is 5.56 Å². The van der Waals surface area contributed by atoms with Crippen LogP contribution in [0.3, 0.4) is 0 Å². The highest BCUT2D eigenvalue weighted by molar-refractivity contribution is 5.36. The predicted octanol–water partition coefficient (Wildman–Crippen LogP) is 1.73. The van der Waals surface area contributed by atoms with Gasteiger partial charge < -0.3 is 10.5 Å². The average molecular weight is 177 g/mol. The summed E-state index contributed by atoms with van der Waals surface area (Å²) in [6.45, 7) is 2.75. The Balaban J connectivity index is 2.29. The van der Waals surface area contributed by atoms with Crippen molar-refractivity contribution in [2.45, 2.75) is 25.3 Å². The van der Waals surface area contributed by atoms with Crippen molar-refractivity contribution in [2.24, 2.45) is 5.73 Å². The Labute approximate surface area is 78.7 Å². The molecular weight excluding hydrogens is 162 g/mol. The molecule has 1 aliphatic heterocycles. The first-order valence-electron chi connectivity index (χ1n) is 4.73. The molecule has 0 saturated heterocycles. The van der Waals surface area contributed by atoms with E-state index in [1.807, 2.05) is 18.2 Å². The molecule has 0 bridgehead atoms. The molecule has 1 aromatic carbocycles. The van der Waals surface area contributed by atoms with Gasteiger partial charge in [0.1, 0.15) is 12.4 Å². The highest BCUT2D eigenvalue weighted by Gasteiger charge is 2.29. The molecule has 1 aromatic rings. The SMILES string of the molecule is CCC1(N)COc2ccccc2C1. The number of rotatable bonds is 1. The van der Waals surface area contributed by atoms with Crippen LogP contribution in [0.5, 0.6) is 5.75 Å². The van der Waals surface area contributed by atoms with Gasteiger partial charge in [0.15, 0.2) is 0 Å². The molecule has 1 atom stereocenters. The molecule has 2 N–H and O–H groups in total. The van der Waals surface area contributed by atoms with Gasteiger partial charge in [-0.15, -0.1) is 0 Å². The van der Waals surface area contributed by atoms with E-state index < -0.39 is 0 Å². The summed E-state index contributed by atoms with van der Waals surface area (Å²) in [6, 6.07) is 8.12. The van der Waals surface area contributed by atoms with Gasteiger partial charge in [0.05, 0.1) is 5.54 Å². The van der Waals surface area contributed by atoms with Crippen molar-refractivity contribution in [3.63, 3.8) is 0 Å². The minimum absolute atomic E-state index is 0.158. The zero-order valence-corrected chi connectivity index (χ0v) is 7.92. The van der Waals surface area contributed by atoms with Gasteiger partial charge in [-0.05, 0) is 24.5 Å². The molecule has 1 heterocycles. The second-order valence-corrected chi connectivity index (χ2v) is 3.79. The minimum atomic E-state index is -0.158. The quantitative estimate of drug-likeness (QED) is 0.709. The van der Waals surface area contributed by atoms with E-state index in [9.17, 15) is 0 Å². The van der Waals surface area contributed by atoms with Crippen molar-refractivity contribution < 1.29 is 4.74 Å². The molecule has 2 rings (SSSR count). The van der Waals surface area contributed by atoms with Crippen LogP contribution in [-0.2, 0) is 6.42 Å². The highest BCUT2D eigenvalue weighted by Crippen LogP contribution is 2.29. The zero-order chi connectivity index (χ0) is 9.31. The fourth-order valence-corrected chi connectivity index (χ4v) is 1.67. The molecule has 0 spiro atoms. The van der Waals surface area contributed by atoms with Crippen LogP contribution in [0.2, 0.25) is 0 Å². The van der Waals surface area contributed by atoms with E-state index in [2.05, 4.69) is 13.0 Å². The van der Waals surface area contributed by atoms with Crippen LogP contribution >= 0.6 is 0 Å². The van der Waals surface area contributed by atoms with Crippen LogP contribution < -0.4 is 10.5 Å². The fourth-order valence-electron chi connectivity index (χ4n) is 1.67. The third-order valence-electron chi connectivity index (χ3n) is 2.73. The lowest BCUT2D eigenvalue weighted by atomic mass is 9.88. The molecule has 2 nitrogen and oxygen atoms in total. The van der Waals surface area contributed by atoms with Crippen molar-refractivity contribution in [2.75, 3.05) is 6.61 Å². The number of hydrogen-bond donors (Lipinski definition) is 1. The molecule has 13 heavy (non-hydrogen) atoms. The van der Waals surface area contributed by atoms with Crippen LogP contribution in [0.25, 0.3) is 0 Å². The number of ether oxygens (including phenoxy) is 1. The van der Waals surface area contributed by atoms with Crippen molar-refractivity contribution >= 4 is 0 Å². The Bertz CT molecular complexity index is 311. The van der Waals surface area contributed by atoms with Gasteiger partial charge in [0.2, 0.25) is 0 Å². The molecule has 0 radical (unpaired) electrons. The summed E-state index contributed by atoms with van der Waals surface area (Å²) in [7, 11) is 0. The predicted molar refractivity (Wildman–Crippen MR) is 52.9 cm³/mol. The summed E-state index contributed by atoms with van der Waals surface area (Å²) in [5.74, 6) is 0.997. The number of nitrogens with two attached hydrogens (primary N) is 1. The van der Waals surface area contributed by atoms with Crippen LogP contribution in [0.4, 0.5) is 0 Å². The first-order valence-corrected chi connectivity index (χ1v) is 4.73. The number of fused-ring (bicyclic) bond motifs is 1. The molecular formula is C11H15NO. The van der Waals surface area contributed by atoms with Crippen LogP contribution in [0, 0.1) is 0 Å². The maximum atomic E-state index is 6.15. The van der Waals surface area contributed by atoms with E-state index in [4.69, 9.17) is 10.5 Å². The van der Waals surface area contributed by atoms with Crippen molar-refractivity contribution in [3.8, 4) is 5.75 Å². The van der Waals surface area contributed by atoms with Crippen molar-refractivity contribution in [3.05, 3.63) is 29.8 Å². The molecule has 1 unspecified atom stereocenters.